The fourth-order valence-corrected chi connectivity index (χ4v) is 5.94. The molecule has 1 heterocycles. The number of ether oxygens (including phenoxy) is 2. The summed E-state index contributed by atoms with van der Waals surface area (Å²) in [6.07, 6.45) is 0.297. The van der Waals surface area contributed by atoms with Crippen molar-refractivity contribution in [1.29, 1.82) is 0 Å². The van der Waals surface area contributed by atoms with E-state index in [1.807, 2.05) is 0 Å². The largest absolute Gasteiger partial charge is 0.488 e. The first-order valence-corrected chi connectivity index (χ1v) is 17.8. The summed E-state index contributed by atoms with van der Waals surface area (Å²) >= 11 is 12.1. The van der Waals surface area contributed by atoms with Crippen LogP contribution >= 0.6 is 23.2 Å². The number of hydrogen-bond acceptors (Lipinski definition) is 5. The van der Waals surface area contributed by atoms with Gasteiger partial charge in [0.05, 0.1) is 16.9 Å². The molecular formula is C43H32Cl2F5NO6. The molecule has 0 aliphatic heterocycles. The molecule has 1 aromatic heterocycles. The molecule has 14 heteroatoms. The molecule has 57 heavy (non-hydrogen) atoms. The second-order valence-corrected chi connectivity index (χ2v) is 13.5. The predicted molar refractivity (Wildman–Crippen MR) is 205 cm³/mol. The third-order valence-corrected chi connectivity index (χ3v) is 8.92. The van der Waals surface area contributed by atoms with Crippen molar-refractivity contribution in [1.82, 2.24) is 4.57 Å². The van der Waals surface area contributed by atoms with Gasteiger partial charge in [0.2, 0.25) is 0 Å². The van der Waals surface area contributed by atoms with Crippen molar-refractivity contribution in [2.75, 3.05) is 0 Å². The first-order valence-electron chi connectivity index (χ1n) is 17.1. The van der Waals surface area contributed by atoms with Crippen LogP contribution < -0.4 is 9.47 Å². The number of aromatic nitrogens is 1. The minimum absolute atomic E-state index is 0.0471. The molecule has 7 nitrogen and oxygen atoms in total. The Hall–Kier alpha value is -5.98. The second kappa shape index (κ2) is 18.8. The first kappa shape index (κ1) is 42.2. The van der Waals surface area contributed by atoms with Crippen molar-refractivity contribution in [3.63, 3.8) is 0 Å². The van der Waals surface area contributed by atoms with Gasteiger partial charge in [0.1, 0.15) is 47.7 Å². The average molecular weight is 825 g/mol. The topological polar surface area (TPSA) is 94.8 Å². The van der Waals surface area contributed by atoms with E-state index in [0.717, 1.165) is 5.56 Å². The zero-order valence-corrected chi connectivity index (χ0v) is 31.7. The Morgan fingerprint density at radius 3 is 1.77 bits per heavy atom. The third-order valence-electron chi connectivity index (χ3n) is 8.45. The van der Waals surface area contributed by atoms with Gasteiger partial charge < -0.3 is 23.9 Å². The number of ketones is 2. The normalized spacial score (nSPS) is 10.8. The van der Waals surface area contributed by atoms with Crippen LogP contribution in [0.4, 0.5) is 22.0 Å². The quantitative estimate of drug-likeness (QED) is 0.0708. The first-order chi connectivity index (χ1) is 27.1. The molecule has 0 unspecified atom stereocenters. The Morgan fingerprint density at radius 2 is 1.21 bits per heavy atom. The lowest BCUT2D eigenvalue weighted by Crippen LogP contribution is -2.12. The predicted octanol–water partition coefficient (Wildman–Crippen LogP) is 11.5. The van der Waals surface area contributed by atoms with Crippen molar-refractivity contribution < 1.29 is 50.9 Å². The minimum atomic E-state index is -1.94. The molecule has 0 bridgehead atoms. The zero-order valence-electron chi connectivity index (χ0n) is 30.2. The number of aromatic carboxylic acids is 1. The fraction of sp³-hybridized carbons (Fsp3) is 0.140. The molecule has 5 aromatic carbocycles. The van der Waals surface area contributed by atoms with E-state index < -0.39 is 40.5 Å². The van der Waals surface area contributed by atoms with Crippen LogP contribution in [0.2, 0.25) is 10.0 Å². The highest BCUT2D eigenvalue weighted by atomic mass is 35.5. The van der Waals surface area contributed by atoms with Crippen LogP contribution in [0.25, 0.3) is 16.9 Å². The summed E-state index contributed by atoms with van der Waals surface area (Å²) in [5.74, 6) is -6.89. The number of rotatable bonds is 13. The van der Waals surface area contributed by atoms with Gasteiger partial charge in [-0.25, -0.2) is 26.7 Å². The molecule has 0 fully saturated rings. The summed E-state index contributed by atoms with van der Waals surface area (Å²) in [7, 11) is 0. The van der Waals surface area contributed by atoms with Gasteiger partial charge in [0, 0.05) is 40.2 Å². The van der Waals surface area contributed by atoms with Crippen molar-refractivity contribution in [3.8, 4) is 28.4 Å². The van der Waals surface area contributed by atoms with Gasteiger partial charge in [0.25, 0.3) is 0 Å². The van der Waals surface area contributed by atoms with Crippen LogP contribution in [0.5, 0.6) is 11.5 Å². The number of carbonyl (C=O) groups excluding carboxylic acids is 2. The van der Waals surface area contributed by atoms with Gasteiger partial charge in [0.15, 0.2) is 23.2 Å². The lowest BCUT2D eigenvalue weighted by atomic mass is 10.0. The number of benzene rings is 5. The van der Waals surface area contributed by atoms with E-state index in [9.17, 15) is 37.1 Å². The minimum Gasteiger partial charge on any atom is -0.488 e. The van der Waals surface area contributed by atoms with E-state index >= 15 is 4.39 Å². The van der Waals surface area contributed by atoms with Crippen molar-refractivity contribution in [2.45, 2.75) is 39.9 Å². The summed E-state index contributed by atoms with van der Waals surface area (Å²) in [4.78, 5) is 34.6. The van der Waals surface area contributed by atoms with Crippen LogP contribution in [0.15, 0.2) is 103 Å². The molecule has 0 amide bonds. The Labute approximate surface area is 333 Å². The van der Waals surface area contributed by atoms with Crippen molar-refractivity contribution in [3.05, 3.63) is 170 Å². The Balaban J connectivity index is 0.000000235. The Bertz CT molecular complexity index is 2440. The number of Topliss-reactive ketones (excluding diaryl/α,β-unsaturated/α-hetero) is 2. The van der Waals surface area contributed by atoms with Gasteiger partial charge >= 0.3 is 5.97 Å². The molecule has 6 aromatic rings. The molecule has 294 valence electrons. The maximum Gasteiger partial charge on any atom is 0.341 e. The maximum absolute atomic E-state index is 15.1. The number of carboxylic acid groups (broad SMARTS) is 1. The van der Waals surface area contributed by atoms with E-state index in [1.165, 1.54) is 41.8 Å². The fourth-order valence-electron chi connectivity index (χ4n) is 5.59. The number of carboxylic acids is 1. The Kier molecular flexibility index (Phi) is 13.9. The highest BCUT2D eigenvalue weighted by molar-refractivity contribution is 6.31. The third kappa shape index (κ3) is 10.7. The molecule has 0 saturated carbocycles. The van der Waals surface area contributed by atoms with E-state index in [4.69, 9.17) is 32.7 Å². The van der Waals surface area contributed by atoms with Gasteiger partial charge in [-0.2, -0.15) is 0 Å². The summed E-state index contributed by atoms with van der Waals surface area (Å²) < 4.78 is 82.2. The number of nitrogens with zero attached hydrogens (tertiary/aromatic N) is 1. The highest BCUT2D eigenvalue weighted by Gasteiger charge is 2.27. The van der Waals surface area contributed by atoms with Gasteiger partial charge in [-0.3, -0.25) is 4.79 Å². The lowest BCUT2D eigenvalue weighted by molar-refractivity contribution is -0.117. The monoisotopic (exact) mass is 823 g/mol. The van der Waals surface area contributed by atoms with Crippen molar-refractivity contribution in [2.24, 2.45) is 0 Å². The molecule has 0 atom stereocenters. The highest BCUT2D eigenvalue weighted by Crippen LogP contribution is 2.37. The zero-order chi connectivity index (χ0) is 41.4. The van der Waals surface area contributed by atoms with Crippen molar-refractivity contribution >= 4 is 40.7 Å². The SMILES string of the molecule is CC(=O)CCC(=O)c1cc(Cl)ccc1OCc1ccc(F)cc1.Cc1ccc(-c2cc(Cl)ccc2OCc2ccc(F)cc2)n1-c1cc(F)c(F)c(C(=O)O)c1F. The number of aryl methyl sites for hydroxylation is 1. The van der Waals surface area contributed by atoms with E-state index in [1.54, 1.807) is 73.7 Å². The molecule has 0 aliphatic carbocycles. The van der Waals surface area contributed by atoms with Crippen LogP contribution in [0.1, 0.15) is 57.3 Å². The molecule has 0 saturated heterocycles. The van der Waals surface area contributed by atoms with E-state index in [0.29, 0.717) is 55.7 Å². The van der Waals surface area contributed by atoms with E-state index in [-0.39, 0.29) is 43.4 Å². The number of hydrogen-bond donors (Lipinski definition) is 1. The summed E-state index contributed by atoms with van der Waals surface area (Å²) in [5.41, 5.74) is 1.04. The molecule has 0 radical (unpaired) electrons. The van der Waals surface area contributed by atoms with Gasteiger partial charge in [-0.1, -0.05) is 47.5 Å². The smallest absolute Gasteiger partial charge is 0.341 e. The van der Waals surface area contributed by atoms with E-state index in [2.05, 4.69) is 0 Å². The standard InChI is InChI=1S/C25H16ClF4NO3.C18H16ClFO3/c1-13-2-8-19(31(13)20-11-18(28)23(29)22(24(20)30)25(32)33)17-10-15(26)5-9-21(17)34-12-14-3-6-16(27)7-4-14;1-12(21)2-8-17(22)16-10-14(19)5-9-18(16)23-11-13-3-6-15(20)7-4-13/h2-11H,12H2,1H3,(H,32,33);3-7,9-10H,2,8,11H2,1H3. The maximum atomic E-state index is 15.1. The Morgan fingerprint density at radius 1 is 0.667 bits per heavy atom. The van der Waals surface area contributed by atoms with Crippen LogP contribution in [-0.4, -0.2) is 27.2 Å². The summed E-state index contributed by atoms with van der Waals surface area (Å²) in [6, 6.07) is 24.9. The lowest BCUT2D eigenvalue weighted by Gasteiger charge is -2.17. The number of carbonyl (C=O) groups is 3. The second-order valence-electron chi connectivity index (χ2n) is 12.6. The summed E-state index contributed by atoms with van der Waals surface area (Å²) in [5, 5.41) is 9.95. The molecule has 0 aliphatic rings. The van der Waals surface area contributed by atoms with Crippen LogP contribution in [0.3, 0.4) is 0 Å². The van der Waals surface area contributed by atoms with Gasteiger partial charge in [-0.05, 0) is 97.8 Å². The van der Waals surface area contributed by atoms with Crippen LogP contribution in [0, 0.1) is 36.0 Å². The molecule has 6 rings (SSSR count). The number of halogens is 7. The average Bonchev–Trinajstić information content (AvgIpc) is 3.56. The molecule has 1 N–H and O–H groups in total. The summed E-state index contributed by atoms with van der Waals surface area (Å²) in [6.45, 7) is 3.32. The van der Waals surface area contributed by atoms with Crippen LogP contribution in [-0.2, 0) is 18.0 Å². The van der Waals surface area contributed by atoms with Gasteiger partial charge in [-0.15, -0.1) is 0 Å². The molecular weight excluding hydrogens is 792 g/mol. The molecule has 0 spiro atoms.